The van der Waals surface area contributed by atoms with Crippen molar-refractivity contribution < 1.29 is 24.5 Å². The fourth-order valence-corrected chi connectivity index (χ4v) is 6.89. The van der Waals surface area contributed by atoms with Crippen molar-refractivity contribution in [2.75, 3.05) is 6.61 Å². The van der Waals surface area contributed by atoms with Crippen LogP contribution in [0.2, 0.25) is 0 Å². The maximum Gasteiger partial charge on any atom is 0.306 e. The normalized spacial score (nSPS) is 13.8. The molecule has 0 aromatic heterocycles. The minimum absolute atomic E-state index is 0.0582. The van der Waals surface area contributed by atoms with Crippen LogP contribution in [0.4, 0.5) is 0 Å². The summed E-state index contributed by atoms with van der Waals surface area (Å²) in [6.07, 6.45) is 50.3. The van der Waals surface area contributed by atoms with E-state index in [2.05, 4.69) is 74.7 Å². The molecule has 0 bridgehead atoms. The van der Waals surface area contributed by atoms with Gasteiger partial charge in [0.15, 0.2) is 0 Å². The summed E-state index contributed by atoms with van der Waals surface area (Å²) < 4.78 is 5.88. The zero-order valence-corrected chi connectivity index (χ0v) is 36.3. The van der Waals surface area contributed by atoms with Crippen molar-refractivity contribution in [3.05, 3.63) is 48.6 Å². The second-order valence-corrected chi connectivity index (χ2v) is 15.8. The first-order chi connectivity index (χ1) is 27.0. The van der Waals surface area contributed by atoms with Crippen LogP contribution in [0.25, 0.3) is 0 Å². The lowest BCUT2D eigenvalue weighted by atomic mass is 10.0. The van der Waals surface area contributed by atoms with E-state index in [4.69, 9.17) is 4.74 Å². The number of aliphatic hydroxyl groups excluding tert-OH is 2. The molecule has 0 heterocycles. The number of unbranched alkanes of at least 4 members (excludes halogenated alkanes) is 23. The maximum absolute atomic E-state index is 13.1. The Morgan fingerprint density at radius 2 is 1.00 bits per heavy atom. The molecule has 0 radical (unpaired) electrons. The van der Waals surface area contributed by atoms with Gasteiger partial charge in [0.1, 0.15) is 6.10 Å². The third-order valence-corrected chi connectivity index (χ3v) is 10.5. The van der Waals surface area contributed by atoms with Crippen LogP contribution in [0.1, 0.15) is 226 Å². The Kier molecular flexibility index (Phi) is 41.2. The summed E-state index contributed by atoms with van der Waals surface area (Å²) in [4.78, 5) is 26.0. The molecule has 0 saturated carbocycles. The summed E-state index contributed by atoms with van der Waals surface area (Å²) in [5.41, 5.74) is 0. The van der Waals surface area contributed by atoms with Crippen molar-refractivity contribution in [1.29, 1.82) is 0 Å². The van der Waals surface area contributed by atoms with Crippen LogP contribution in [-0.4, -0.2) is 46.9 Å². The molecule has 0 aromatic rings. The molecule has 320 valence electrons. The predicted octanol–water partition coefficient (Wildman–Crippen LogP) is 13.5. The van der Waals surface area contributed by atoms with Crippen molar-refractivity contribution in [1.82, 2.24) is 5.32 Å². The molecule has 6 heteroatoms. The number of carbonyl (C=O) groups is 2. The number of allylic oxidation sites excluding steroid dienone is 8. The molecule has 3 N–H and O–H groups in total. The van der Waals surface area contributed by atoms with Gasteiger partial charge in [-0.3, -0.25) is 9.59 Å². The third-order valence-electron chi connectivity index (χ3n) is 10.5. The largest absolute Gasteiger partial charge is 0.462 e. The number of hydrogen-bond acceptors (Lipinski definition) is 5. The molecule has 3 unspecified atom stereocenters. The van der Waals surface area contributed by atoms with Crippen molar-refractivity contribution in [3.8, 4) is 0 Å². The molecule has 0 aliphatic rings. The summed E-state index contributed by atoms with van der Waals surface area (Å²) >= 11 is 0. The minimum atomic E-state index is -0.793. The number of rotatable bonds is 41. The molecular formula is C49H89NO5. The SMILES string of the molecule is CC/C=C/C=C/C=C\CCCCCCCC(=O)OC(CCCCC/C=C\CCCCC)CC(=O)NC(CO)C(O)CCCCCCCCCCCCCCC. The number of esters is 1. The first kappa shape index (κ1) is 52.8. The molecule has 1 amide bonds. The Hall–Kier alpha value is -2.18. The number of hydrogen-bond donors (Lipinski definition) is 3. The van der Waals surface area contributed by atoms with E-state index in [9.17, 15) is 19.8 Å². The summed E-state index contributed by atoms with van der Waals surface area (Å²) in [5.74, 6) is -0.515. The average Bonchev–Trinajstić information content (AvgIpc) is 3.18. The highest BCUT2D eigenvalue weighted by Gasteiger charge is 2.24. The average molecular weight is 772 g/mol. The number of nitrogens with one attached hydrogen (secondary N) is 1. The Labute approximate surface area is 340 Å². The lowest BCUT2D eigenvalue weighted by Gasteiger charge is -2.24. The highest BCUT2D eigenvalue weighted by atomic mass is 16.5. The molecule has 0 aliphatic carbocycles. The van der Waals surface area contributed by atoms with Crippen molar-refractivity contribution in [3.63, 3.8) is 0 Å². The van der Waals surface area contributed by atoms with Gasteiger partial charge in [-0.15, -0.1) is 0 Å². The summed E-state index contributed by atoms with van der Waals surface area (Å²) in [6, 6.07) is -0.708. The first-order valence-corrected chi connectivity index (χ1v) is 23.4. The van der Waals surface area contributed by atoms with Crippen LogP contribution in [0.3, 0.4) is 0 Å². The van der Waals surface area contributed by atoms with E-state index in [0.29, 0.717) is 19.3 Å². The van der Waals surface area contributed by atoms with Gasteiger partial charge in [0.25, 0.3) is 0 Å². The number of amides is 1. The van der Waals surface area contributed by atoms with Gasteiger partial charge in [-0.2, -0.15) is 0 Å². The van der Waals surface area contributed by atoms with E-state index in [1.807, 2.05) is 0 Å². The van der Waals surface area contributed by atoms with Crippen LogP contribution in [0.5, 0.6) is 0 Å². The highest BCUT2D eigenvalue weighted by Crippen LogP contribution is 2.17. The fraction of sp³-hybridized carbons (Fsp3) is 0.796. The number of aliphatic hydroxyl groups is 2. The third kappa shape index (κ3) is 38.5. The highest BCUT2D eigenvalue weighted by molar-refractivity contribution is 5.77. The molecule has 0 rings (SSSR count). The van der Waals surface area contributed by atoms with Gasteiger partial charge in [0.2, 0.25) is 5.91 Å². The van der Waals surface area contributed by atoms with E-state index in [-0.39, 0.29) is 24.9 Å². The maximum atomic E-state index is 13.1. The lowest BCUT2D eigenvalue weighted by Crippen LogP contribution is -2.46. The van der Waals surface area contributed by atoms with Gasteiger partial charge >= 0.3 is 5.97 Å². The van der Waals surface area contributed by atoms with Crippen LogP contribution < -0.4 is 5.32 Å². The first-order valence-electron chi connectivity index (χ1n) is 23.4. The predicted molar refractivity (Wildman–Crippen MR) is 236 cm³/mol. The minimum Gasteiger partial charge on any atom is -0.462 e. The van der Waals surface area contributed by atoms with Crippen LogP contribution in [0, 0.1) is 0 Å². The molecule has 3 atom stereocenters. The van der Waals surface area contributed by atoms with Crippen molar-refractivity contribution in [2.45, 2.75) is 244 Å². The standard InChI is InChI=1S/C49H89NO5/c1-4-7-10-13-16-19-22-24-26-29-32-35-38-41-47(52)46(44-51)50-48(53)43-45(40-37-34-31-28-21-18-15-12-9-6-3)55-49(54)42-39-36-33-30-27-25-23-20-17-14-11-8-5-2/h8,11,14,17-18,20-21,23,45-47,51-52H,4-7,9-10,12-13,15-16,19,22,24-44H2,1-3H3,(H,50,53)/b11-8+,17-14+,21-18-,23-20-. The smallest absolute Gasteiger partial charge is 0.306 e. The molecular weight excluding hydrogens is 683 g/mol. The monoisotopic (exact) mass is 772 g/mol. The van der Waals surface area contributed by atoms with Crippen LogP contribution in [-0.2, 0) is 14.3 Å². The Balaban J connectivity index is 4.58. The molecule has 55 heavy (non-hydrogen) atoms. The van der Waals surface area contributed by atoms with Gasteiger partial charge in [-0.05, 0) is 70.6 Å². The summed E-state index contributed by atoms with van der Waals surface area (Å²) in [7, 11) is 0. The van der Waals surface area contributed by atoms with Gasteiger partial charge < -0.3 is 20.3 Å². The summed E-state index contributed by atoms with van der Waals surface area (Å²) in [6.45, 7) is 6.30. The van der Waals surface area contributed by atoms with Gasteiger partial charge in [-0.25, -0.2) is 0 Å². The van der Waals surface area contributed by atoms with E-state index in [1.54, 1.807) is 0 Å². The Bertz CT molecular complexity index is 957. The van der Waals surface area contributed by atoms with E-state index < -0.39 is 18.2 Å². The lowest BCUT2D eigenvalue weighted by molar-refractivity contribution is -0.151. The van der Waals surface area contributed by atoms with Crippen LogP contribution in [0.15, 0.2) is 48.6 Å². The zero-order chi connectivity index (χ0) is 40.3. The number of ether oxygens (including phenoxy) is 1. The molecule has 6 nitrogen and oxygen atoms in total. The summed E-state index contributed by atoms with van der Waals surface area (Å²) in [5, 5.41) is 23.7. The Morgan fingerprint density at radius 1 is 0.545 bits per heavy atom. The Morgan fingerprint density at radius 3 is 1.58 bits per heavy atom. The quantitative estimate of drug-likeness (QED) is 0.0249. The van der Waals surface area contributed by atoms with E-state index >= 15 is 0 Å². The second kappa shape index (κ2) is 43.0. The topological polar surface area (TPSA) is 95.9 Å². The fourth-order valence-electron chi connectivity index (χ4n) is 6.89. The molecule has 0 aromatic carbocycles. The van der Waals surface area contributed by atoms with Crippen molar-refractivity contribution in [2.24, 2.45) is 0 Å². The van der Waals surface area contributed by atoms with Crippen molar-refractivity contribution >= 4 is 11.9 Å². The molecule has 0 spiro atoms. The molecule has 0 saturated heterocycles. The van der Waals surface area contributed by atoms with Gasteiger partial charge in [-0.1, -0.05) is 191 Å². The van der Waals surface area contributed by atoms with E-state index in [0.717, 1.165) is 96.3 Å². The van der Waals surface area contributed by atoms with Crippen LogP contribution >= 0.6 is 0 Å². The van der Waals surface area contributed by atoms with Gasteiger partial charge in [0, 0.05) is 6.42 Å². The number of carbonyl (C=O) groups excluding carboxylic acids is 2. The molecule has 0 aliphatic heterocycles. The molecule has 0 fully saturated rings. The van der Waals surface area contributed by atoms with Gasteiger partial charge in [0.05, 0.1) is 25.2 Å². The second-order valence-electron chi connectivity index (χ2n) is 15.8. The zero-order valence-electron chi connectivity index (χ0n) is 36.3. The van der Waals surface area contributed by atoms with E-state index in [1.165, 1.54) is 83.5 Å².